The molecule has 0 saturated heterocycles. The Morgan fingerprint density at radius 3 is 3.18 bits per heavy atom. The molecule has 0 aromatic heterocycles. The maximum absolute atomic E-state index is 13.6. The van der Waals surface area contributed by atoms with Crippen molar-refractivity contribution in [1.29, 1.82) is 0 Å². The molecule has 1 aliphatic heterocycles. The number of nitrogens with one attached hydrogen (secondary N) is 1. The van der Waals surface area contributed by atoms with E-state index in [1.165, 1.54) is 6.07 Å². The Bertz CT molecular complexity index is 411. The summed E-state index contributed by atoms with van der Waals surface area (Å²) in [5.74, 6) is -0.297. The Morgan fingerprint density at radius 1 is 1.65 bits per heavy atom. The molecule has 1 atom stereocenters. The van der Waals surface area contributed by atoms with E-state index in [0.29, 0.717) is 31.1 Å². The summed E-state index contributed by atoms with van der Waals surface area (Å²) in [5, 5.41) is 2.95. The molecule has 1 N–H and O–H groups in total. The minimum Gasteiger partial charge on any atom is -0.383 e. The minimum absolute atomic E-state index is 0.278. The Kier molecular flexibility index (Phi) is 3.58. The molecule has 4 nitrogen and oxygen atoms in total. The molecule has 0 spiro atoms. The van der Waals surface area contributed by atoms with E-state index in [1.807, 2.05) is 4.90 Å². The summed E-state index contributed by atoms with van der Waals surface area (Å²) in [6.45, 7) is 1.49. The summed E-state index contributed by atoms with van der Waals surface area (Å²) in [6, 6.07) is 4.57. The van der Waals surface area contributed by atoms with E-state index < -0.39 is 0 Å². The van der Waals surface area contributed by atoms with Gasteiger partial charge in [0.15, 0.2) is 0 Å². The maximum atomic E-state index is 13.6. The van der Waals surface area contributed by atoms with Gasteiger partial charge in [0.1, 0.15) is 18.1 Å². The number of hydrogen-bond donors (Lipinski definition) is 1. The van der Waals surface area contributed by atoms with Crippen LogP contribution in [0.5, 0.6) is 0 Å². The zero-order valence-corrected chi connectivity index (χ0v) is 9.65. The van der Waals surface area contributed by atoms with Gasteiger partial charge in [0, 0.05) is 20.2 Å². The molecule has 2 rings (SSSR count). The Morgan fingerprint density at radius 2 is 2.47 bits per heavy atom. The summed E-state index contributed by atoms with van der Waals surface area (Å²) < 4.78 is 18.6. The number of anilines is 2. The second-order valence-corrected chi connectivity index (χ2v) is 3.90. The van der Waals surface area contributed by atoms with E-state index in [9.17, 15) is 9.18 Å². The number of fused-ring (bicyclic) bond motifs is 1. The molecule has 92 valence electrons. The third-order valence-electron chi connectivity index (χ3n) is 2.88. The average molecular weight is 238 g/mol. The van der Waals surface area contributed by atoms with Crippen LogP contribution in [0.3, 0.4) is 0 Å². The SMILES string of the molecule is COCCN1c2cccc(F)c2NCC1C=O. The molecular weight excluding hydrogens is 223 g/mol. The fraction of sp³-hybridized carbons (Fsp3) is 0.417. The summed E-state index contributed by atoms with van der Waals surface area (Å²) >= 11 is 0. The van der Waals surface area contributed by atoms with Gasteiger partial charge in [0.05, 0.1) is 18.0 Å². The van der Waals surface area contributed by atoms with E-state index in [2.05, 4.69) is 5.32 Å². The smallest absolute Gasteiger partial charge is 0.148 e. The summed E-state index contributed by atoms with van der Waals surface area (Å²) in [6.07, 6.45) is 0.872. The zero-order chi connectivity index (χ0) is 12.3. The molecule has 17 heavy (non-hydrogen) atoms. The molecule has 0 radical (unpaired) electrons. The Hall–Kier alpha value is -1.62. The van der Waals surface area contributed by atoms with Crippen molar-refractivity contribution >= 4 is 17.7 Å². The number of para-hydroxylation sites is 1. The fourth-order valence-electron chi connectivity index (χ4n) is 2.02. The highest BCUT2D eigenvalue weighted by Crippen LogP contribution is 2.32. The molecule has 0 fully saturated rings. The van der Waals surface area contributed by atoms with Gasteiger partial charge in [-0.1, -0.05) is 6.07 Å². The highest BCUT2D eigenvalue weighted by Gasteiger charge is 2.26. The molecule has 1 aromatic rings. The van der Waals surface area contributed by atoms with Crippen molar-refractivity contribution in [3.05, 3.63) is 24.0 Å². The van der Waals surface area contributed by atoms with Crippen LogP contribution in [0.1, 0.15) is 0 Å². The van der Waals surface area contributed by atoms with E-state index in [1.54, 1.807) is 19.2 Å². The van der Waals surface area contributed by atoms with Gasteiger partial charge in [-0.3, -0.25) is 0 Å². The highest BCUT2D eigenvalue weighted by molar-refractivity contribution is 5.79. The van der Waals surface area contributed by atoms with Crippen LogP contribution < -0.4 is 10.2 Å². The van der Waals surface area contributed by atoms with Crippen LogP contribution in [0.25, 0.3) is 0 Å². The fourth-order valence-corrected chi connectivity index (χ4v) is 2.02. The number of ether oxygens (including phenoxy) is 1. The maximum Gasteiger partial charge on any atom is 0.148 e. The summed E-state index contributed by atoms with van der Waals surface area (Å²) in [4.78, 5) is 12.9. The van der Waals surface area contributed by atoms with E-state index in [-0.39, 0.29) is 11.9 Å². The minimum atomic E-state index is -0.297. The number of carbonyl (C=O) groups is 1. The number of halogens is 1. The van der Waals surface area contributed by atoms with Gasteiger partial charge in [-0.2, -0.15) is 0 Å². The first kappa shape index (κ1) is 11.9. The van der Waals surface area contributed by atoms with Crippen molar-refractivity contribution in [3.63, 3.8) is 0 Å². The third-order valence-corrected chi connectivity index (χ3v) is 2.88. The number of benzene rings is 1. The van der Waals surface area contributed by atoms with E-state index >= 15 is 0 Å². The summed E-state index contributed by atoms with van der Waals surface area (Å²) in [5.41, 5.74) is 1.17. The molecular formula is C12H15FN2O2. The number of nitrogens with zero attached hydrogens (tertiary/aromatic N) is 1. The predicted molar refractivity (Wildman–Crippen MR) is 64.0 cm³/mol. The highest BCUT2D eigenvalue weighted by atomic mass is 19.1. The van der Waals surface area contributed by atoms with Crippen molar-refractivity contribution in [2.45, 2.75) is 6.04 Å². The van der Waals surface area contributed by atoms with Crippen molar-refractivity contribution in [1.82, 2.24) is 0 Å². The second-order valence-electron chi connectivity index (χ2n) is 3.90. The molecule has 1 heterocycles. The Balaban J connectivity index is 2.32. The third kappa shape index (κ3) is 2.24. The van der Waals surface area contributed by atoms with Crippen LogP contribution in [0.15, 0.2) is 18.2 Å². The first-order valence-corrected chi connectivity index (χ1v) is 5.51. The van der Waals surface area contributed by atoms with Crippen molar-refractivity contribution < 1.29 is 13.9 Å². The van der Waals surface area contributed by atoms with E-state index in [0.717, 1.165) is 6.29 Å². The van der Waals surface area contributed by atoms with Crippen molar-refractivity contribution in [3.8, 4) is 0 Å². The molecule has 1 unspecified atom stereocenters. The zero-order valence-electron chi connectivity index (χ0n) is 9.65. The largest absolute Gasteiger partial charge is 0.383 e. The van der Waals surface area contributed by atoms with Crippen LogP contribution >= 0.6 is 0 Å². The molecule has 0 aliphatic carbocycles. The average Bonchev–Trinajstić information content (AvgIpc) is 2.36. The first-order chi connectivity index (χ1) is 8.27. The predicted octanol–water partition coefficient (Wildman–Crippen LogP) is 1.27. The molecule has 0 saturated carbocycles. The Labute approximate surface area is 99.4 Å². The van der Waals surface area contributed by atoms with Crippen LogP contribution in [-0.4, -0.2) is 39.1 Å². The normalized spacial score (nSPS) is 18.5. The van der Waals surface area contributed by atoms with E-state index in [4.69, 9.17) is 4.74 Å². The standard InChI is InChI=1S/C12H15FN2O2/c1-17-6-5-15-9(8-16)7-14-12-10(13)3-2-4-11(12)15/h2-4,8-9,14H,5-7H2,1H3. The van der Waals surface area contributed by atoms with Gasteiger partial charge in [0.25, 0.3) is 0 Å². The van der Waals surface area contributed by atoms with Crippen molar-refractivity contribution in [2.75, 3.05) is 37.0 Å². The summed E-state index contributed by atoms with van der Waals surface area (Å²) in [7, 11) is 1.60. The molecule has 5 heteroatoms. The second kappa shape index (κ2) is 5.14. The van der Waals surface area contributed by atoms with Crippen LogP contribution in [-0.2, 0) is 9.53 Å². The lowest BCUT2D eigenvalue weighted by molar-refractivity contribution is -0.108. The lowest BCUT2D eigenvalue weighted by Gasteiger charge is -2.36. The van der Waals surface area contributed by atoms with Crippen LogP contribution in [0.4, 0.5) is 15.8 Å². The monoisotopic (exact) mass is 238 g/mol. The van der Waals surface area contributed by atoms with Gasteiger partial charge in [-0.25, -0.2) is 4.39 Å². The van der Waals surface area contributed by atoms with Crippen LogP contribution in [0, 0.1) is 5.82 Å². The van der Waals surface area contributed by atoms with Crippen molar-refractivity contribution in [2.24, 2.45) is 0 Å². The number of rotatable bonds is 4. The lowest BCUT2D eigenvalue weighted by Crippen LogP contribution is -2.46. The molecule has 1 aromatic carbocycles. The van der Waals surface area contributed by atoms with Gasteiger partial charge in [-0.05, 0) is 12.1 Å². The number of hydrogen-bond acceptors (Lipinski definition) is 4. The van der Waals surface area contributed by atoms with Crippen LogP contribution in [0.2, 0.25) is 0 Å². The molecule has 0 bridgehead atoms. The number of aldehydes is 1. The van der Waals surface area contributed by atoms with Gasteiger partial charge >= 0.3 is 0 Å². The number of carbonyl (C=O) groups excluding carboxylic acids is 1. The topological polar surface area (TPSA) is 41.6 Å². The first-order valence-electron chi connectivity index (χ1n) is 5.51. The molecule has 1 aliphatic rings. The number of methoxy groups -OCH3 is 1. The van der Waals surface area contributed by atoms with Gasteiger partial charge in [0.2, 0.25) is 0 Å². The lowest BCUT2D eigenvalue weighted by atomic mass is 10.1. The van der Waals surface area contributed by atoms with Gasteiger partial charge < -0.3 is 19.7 Å². The quantitative estimate of drug-likeness (QED) is 0.802. The van der Waals surface area contributed by atoms with Gasteiger partial charge in [-0.15, -0.1) is 0 Å². The molecule has 0 amide bonds.